The van der Waals surface area contributed by atoms with Gasteiger partial charge in [-0.1, -0.05) is 0 Å². The Hall–Kier alpha value is -1.23. The Balaban J connectivity index is 2.49. The minimum Gasteiger partial charge on any atom is -0.378 e. The van der Waals surface area contributed by atoms with Crippen molar-refractivity contribution in [2.45, 2.75) is 24.2 Å². The number of nitrogens with zero attached hydrogens (tertiary/aromatic N) is 2. The van der Waals surface area contributed by atoms with Gasteiger partial charge in [0, 0.05) is 39.1 Å². The van der Waals surface area contributed by atoms with Gasteiger partial charge in [-0.2, -0.15) is 0 Å². The fourth-order valence-corrected chi connectivity index (χ4v) is 3.36. The van der Waals surface area contributed by atoms with Crippen molar-refractivity contribution in [1.82, 2.24) is 0 Å². The molecular weight excluding hydrogens is 260 g/mol. The maximum atomic E-state index is 11.9. The van der Waals surface area contributed by atoms with E-state index in [0.29, 0.717) is 4.90 Å². The van der Waals surface area contributed by atoms with Gasteiger partial charge >= 0.3 is 0 Å². The molecule has 0 aromatic heterocycles. The van der Waals surface area contributed by atoms with E-state index in [1.807, 2.05) is 31.1 Å². The second-order valence-electron chi connectivity index (χ2n) is 5.37. The van der Waals surface area contributed by atoms with Crippen molar-refractivity contribution in [2.24, 2.45) is 0 Å². The summed E-state index contributed by atoms with van der Waals surface area (Å²) in [6.07, 6.45) is 4.79. The smallest absolute Gasteiger partial charge is 0.177 e. The predicted molar refractivity (Wildman–Crippen MR) is 79.9 cm³/mol. The number of rotatable bonds is 3. The summed E-state index contributed by atoms with van der Waals surface area (Å²) >= 11 is 0. The lowest BCUT2D eigenvalue weighted by Crippen LogP contribution is -2.30. The van der Waals surface area contributed by atoms with Crippen molar-refractivity contribution in [1.29, 1.82) is 0 Å². The second-order valence-corrected chi connectivity index (χ2v) is 7.35. The highest BCUT2D eigenvalue weighted by Crippen LogP contribution is 2.31. The van der Waals surface area contributed by atoms with E-state index in [1.165, 1.54) is 12.7 Å². The van der Waals surface area contributed by atoms with Crippen LogP contribution in [0.5, 0.6) is 0 Å². The highest BCUT2D eigenvalue weighted by molar-refractivity contribution is 7.90. The number of anilines is 2. The minimum absolute atomic E-state index is 0.444. The van der Waals surface area contributed by atoms with E-state index in [2.05, 4.69) is 4.90 Å². The third kappa shape index (κ3) is 3.21. The minimum atomic E-state index is -3.19. The van der Waals surface area contributed by atoms with E-state index >= 15 is 0 Å². The standard InChI is InChI=1S/C14H22N2O2S/c1-15(2)12-7-8-14(19(3,17)18)13(11-12)16-9-5-4-6-10-16/h7-8,11H,4-6,9-10H2,1-3H3. The van der Waals surface area contributed by atoms with Crippen LogP contribution in [0, 0.1) is 0 Å². The van der Waals surface area contributed by atoms with Gasteiger partial charge in [0.2, 0.25) is 0 Å². The van der Waals surface area contributed by atoms with Gasteiger partial charge in [-0.15, -0.1) is 0 Å². The van der Waals surface area contributed by atoms with E-state index < -0.39 is 9.84 Å². The number of hydrogen-bond donors (Lipinski definition) is 0. The van der Waals surface area contributed by atoms with Gasteiger partial charge in [0.25, 0.3) is 0 Å². The first-order chi connectivity index (χ1) is 8.89. The van der Waals surface area contributed by atoms with Crippen LogP contribution in [-0.2, 0) is 9.84 Å². The molecule has 1 heterocycles. The monoisotopic (exact) mass is 282 g/mol. The van der Waals surface area contributed by atoms with Crippen LogP contribution in [0.2, 0.25) is 0 Å². The molecule has 2 rings (SSSR count). The van der Waals surface area contributed by atoms with E-state index in [1.54, 1.807) is 6.07 Å². The SMILES string of the molecule is CN(C)c1ccc(S(C)(=O)=O)c(N2CCCCC2)c1. The number of benzene rings is 1. The molecule has 1 saturated heterocycles. The summed E-state index contributed by atoms with van der Waals surface area (Å²) in [7, 11) is 0.750. The molecular formula is C14H22N2O2S. The molecule has 0 atom stereocenters. The van der Waals surface area contributed by atoms with Crippen molar-refractivity contribution in [3.8, 4) is 0 Å². The molecule has 4 nitrogen and oxygen atoms in total. The zero-order valence-corrected chi connectivity index (χ0v) is 12.7. The zero-order valence-electron chi connectivity index (χ0n) is 11.9. The molecule has 106 valence electrons. The van der Waals surface area contributed by atoms with Crippen LogP contribution in [0.15, 0.2) is 23.1 Å². The highest BCUT2D eigenvalue weighted by atomic mass is 32.2. The van der Waals surface area contributed by atoms with Crippen molar-refractivity contribution in [3.63, 3.8) is 0 Å². The van der Waals surface area contributed by atoms with Crippen molar-refractivity contribution < 1.29 is 8.42 Å². The quantitative estimate of drug-likeness (QED) is 0.852. The average Bonchev–Trinajstić information content (AvgIpc) is 2.38. The lowest BCUT2D eigenvalue weighted by Gasteiger charge is -2.31. The second kappa shape index (κ2) is 5.41. The number of piperidine rings is 1. The van der Waals surface area contributed by atoms with Crippen LogP contribution >= 0.6 is 0 Å². The third-order valence-electron chi connectivity index (χ3n) is 3.56. The molecule has 0 unspecified atom stereocenters. The van der Waals surface area contributed by atoms with Crippen molar-refractivity contribution >= 4 is 21.2 Å². The molecule has 1 aliphatic heterocycles. The Kier molecular flexibility index (Phi) is 4.04. The molecule has 1 aromatic carbocycles. The van der Waals surface area contributed by atoms with E-state index in [4.69, 9.17) is 0 Å². The molecule has 0 radical (unpaired) electrons. The summed E-state index contributed by atoms with van der Waals surface area (Å²) in [5, 5.41) is 0. The summed E-state index contributed by atoms with van der Waals surface area (Å²) in [5.74, 6) is 0. The maximum Gasteiger partial charge on any atom is 0.177 e. The van der Waals surface area contributed by atoms with Crippen LogP contribution in [0.4, 0.5) is 11.4 Å². The number of hydrogen-bond acceptors (Lipinski definition) is 4. The molecule has 1 aliphatic rings. The van der Waals surface area contributed by atoms with Crippen LogP contribution in [0.25, 0.3) is 0 Å². The first-order valence-electron chi connectivity index (χ1n) is 6.66. The Labute approximate surface area is 115 Å². The molecule has 0 aliphatic carbocycles. The zero-order chi connectivity index (χ0) is 14.0. The largest absolute Gasteiger partial charge is 0.378 e. The molecule has 0 N–H and O–H groups in total. The fraction of sp³-hybridized carbons (Fsp3) is 0.571. The Morgan fingerprint density at radius 1 is 1.11 bits per heavy atom. The number of sulfone groups is 1. The topological polar surface area (TPSA) is 40.6 Å². The summed E-state index contributed by atoms with van der Waals surface area (Å²) in [5.41, 5.74) is 1.89. The van der Waals surface area contributed by atoms with E-state index in [9.17, 15) is 8.42 Å². The van der Waals surface area contributed by atoms with Crippen LogP contribution in [0.1, 0.15) is 19.3 Å². The lowest BCUT2D eigenvalue weighted by atomic mass is 10.1. The predicted octanol–water partition coefficient (Wildman–Crippen LogP) is 2.15. The first-order valence-corrected chi connectivity index (χ1v) is 8.55. The Bertz CT molecular complexity index is 547. The van der Waals surface area contributed by atoms with Gasteiger partial charge < -0.3 is 9.80 Å². The van der Waals surface area contributed by atoms with Crippen LogP contribution in [-0.4, -0.2) is 41.9 Å². The van der Waals surface area contributed by atoms with Crippen LogP contribution in [0.3, 0.4) is 0 Å². The molecule has 1 fully saturated rings. The van der Waals surface area contributed by atoms with Gasteiger partial charge in [-0.05, 0) is 37.5 Å². The first kappa shape index (κ1) is 14.2. The van der Waals surface area contributed by atoms with Crippen molar-refractivity contribution in [3.05, 3.63) is 18.2 Å². The van der Waals surface area contributed by atoms with Gasteiger partial charge in [0.15, 0.2) is 9.84 Å². The molecule has 1 aromatic rings. The Morgan fingerprint density at radius 3 is 2.26 bits per heavy atom. The molecule has 19 heavy (non-hydrogen) atoms. The average molecular weight is 282 g/mol. The van der Waals surface area contributed by atoms with E-state index in [0.717, 1.165) is 37.3 Å². The summed E-state index contributed by atoms with van der Waals surface area (Å²) < 4.78 is 23.9. The normalized spacial score (nSPS) is 16.5. The third-order valence-corrected chi connectivity index (χ3v) is 4.70. The van der Waals surface area contributed by atoms with Gasteiger partial charge in [-0.3, -0.25) is 0 Å². The molecule has 0 spiro atoms. The molecule has 0 bridgehead atoms. The fourth-order valence-electron chi connectivity index (χ4n) is 2.48. The molecule has 0 saturated carbocycles. The summed E-state index contributed by atoms with van der Waals surface area (Å²) in [6.45, 7) is 1.89. The van der Waals surface area contributed by atoms with Gasteiger partial charge in [0.1, 0.15) is 0 Å². The maximum absolute atomic E-state index is 11.9. The summed E-state index contributed by atoms with van der Waals surface area (Å²) in [4.78, 5) is 4.65. The van der Waals surface area contributed by atoms with Crippen molar-refractivity contribution in [2.75, 3.05) is 43.2 Å². The van der Waals surface area contributed by atoms with Gasteiger partial charge in [0.05, 0.1) is 10.6 Å². The van der Waals surface area contributed by atoms with Crippen LogP contribution < -0.4 is 9.80 Å². The highest BCUT2D eigenvalue weighted by Gasteiger charge is 2.20. The lowest BCUT2D eigenvalue weighted by molar-refractivity contribution is 0.572. The van der Waals surface area contributed by atoms with Gasteiger partial charge in [-0.25, -0.2) is 8.42 Å². The van der Waals surface area contributed by atoms with E-state index in [-0.39, 0.29) is 0 Å². The summed E-state index contributed by atoms with van der Waals surface area (Å²) in [6, 6.07) is 5.58. The molecule has 0 amide bonds. The molecule has 5 heteroatoms. The Morgan fingerprint density at radius 2 is 1.74 bits per heavy atom.